The van der Waals surface area contributed by atoms with Crippen LogP contribution in [-0.4, -0.2) is 23.7 Å². The summed E-state index contributed by atoms with van der Waals surface area (Å²) >= 11 is 0. The number of phenolic OH excluding ortho intramolecular Hbond substituents is 1. The van der Waals surface area contributed by atoms with Gasteiger partial charge in [-0.05, 0) is 55.7 Å². The predicted molar refractivity (Wildman–Crippen MR) is 94.5 cm³/mol. The van der Waals surface area contributed by atoms with Gasteiger partial charge in [0.2, 0.25) is 5.91 Å². The Morgan fingerprint density at radius 2 is 2.17 bits per heavy atom. The first-order chi connectivity index (χ1) is 11.6. The molecule has 0 saturated heterocycles. The number of carbonyl (C=O) groups excluding carboxylic acids is 1. The fourth-order valence-electron chi connectivity index (χ4n) is 4.28. The van der Waals surface area contributed by atoms with Crippen molar-refractivity contribution in [2.75, 3.05) is 6.61 Å². The third-order valence-electron chi connectivity index (χ3n) is 5.47. The SMILES string of the molecule is CCCCCc1cc(O)c2c(c1)OCC1CCC(NC(C)=O)CC21. The molecule has 4 heteroatoms. The first-order valence-electron chi connectivity index (χ1n) is 9.34. The smallest absolute Gasteiger partial charge is 0.217 e. The molecule has 1 saturated carbocycles. The zero-order valence-electron chi connectivity index (χ0n) is 14.8. The Kier molecular flexibility index (Phi) is 5.32. The molecule has 1 amide bonds. The van der Waals surface area contributed by atoms with Gasteiger partial charge in [0.05, 0.1) is 6.61 Å². The Labute approximate surface area is 144 Å². The van der Waals surface area contributed by atoms with E-state index in [1.807, 2.05) is 6.07 Å². The van der Waals surface area contributed by atoms with Crippen LogP contribution in [0, 0.1) is 5.92 Å². The molecule has 1 aromatic rings. The fourth-order valence-corrected chi connectivity index (χ4v) is 4.28. The lowest BCUT2D eigenvalue weighted by molar-refractivity contribution is -0.120. The maximum atomic E-state index is 11.4. The highest BCUT2D eigenvalue weighted by atomic mass is 16.5. The number of aromatic hydroxyl groups is 1. The number of ether oxygens (including phenoxy) is 1. The molecular weight excluding hydrogens is 302 g/mol. The van der Waals surface area contributed by atoms with Crippen LogP contribution in [0.4, 0.5) is 0 Å². The molecule has 1 aromatic carbocycles. The lowest BCUT2D eigenvalue weighted by atomic mass is 9.72. The van der Waals surface area contributed by atoms with Gasteiger partial charge in [-0.2, -0.15) is 0 Å². The van der Waals surface area contributed by atoms with Gasteiger partial charge in [-0.15, -0.1) is 0 Å². The Balaban J connectivity index is 1.79. The Bertz CT molecular complexity index is 599. The summed E-state index contributed by atoms with van der Waals surface area (Å²) in [5.74, 6) is 1.98. The highest BCUT2D eigenvalue weighted by molar-refractivity contribution is 5.73. The molecule has 3 rings (SSSR count). The van der Waals surface area contributed by atoms with Gasteiger partial charge in [0.15, 0.2) is 0 Å². The zero-order valence-corrected chi connectivity index (χ0v) is 14.8. The fraction of sp³-hybridized carbons (Fsp3) is 0.650. The van der Waals surface area contributed by atoms with Crippen molar-refractivity contribution in [3.05, 3.63) is 23.3 Å². The van der Waals surface area contributed by atoms with Crippen molar-refractivity contribution in [2.45, 2.75) is 70.8 Å². The van der Waals surface area contributed by atoms with Crippen LogP contribution in [0.25, 0.3) is 0 Å². The van der Waals surface area contributed by atoms with E-state index in [1.165, 1.54) is 12.8 Å². The summed E-state index contributed by atoms with van der Waals surface area (Å²) in [5.41, 5.74) is 2.12. The van der Waals surface area contributed by atoms with E-state index in [4.69, 9.17) is 4.74 Å². The maximum Gasteiger partial charge on any atom is 0.217 e. The normalized spacial score (nSPS) is 25.3. The van der Waals surface area contributed by atoms with Crippen LogP contribution < -0.4 is 10.1 Å². The van der Waals surface area contributed by atoms with E-state index in [0.29, 0.717) is 11.7 Å². The molecular formula is C20H29NO3. The van der Waals surface area contributed by atoms with Gasteiger partial charge in [-0.1, -0.05) is 19.8 Å². The summed E-state index contributed by atoms with van der Waals surface area (Å²) in [6.45, 7) is 4.49. The van der Waals surface area contributed by atoms with Gasteiger partial charge < -0.3 is 15.2 Å². The second-order valence-electron chi connectivity index (χ2n) is 7.37. The molecule has 4 nitrogen and oxygen atoms in total. The van der Waals surface area contributed by atoms with Crippen LogP contribution >= 0.6 is 0 Å². The second-order valence-corrected chi connectivity index (χ2v) is 7.37. The molecule has 0 aromatic heterocycles. The summed E-state index contributed by atoms with van der Waals surface area (Å²) in [6, 6.07) is 4.24. The zero-order chi connectivity index (χ0) is 17.1. The number of hydrogen-bond acceptors (Lipinski definition) is 3. The summed E-state index contributed by atoms with van der Waals surface area (Å²) in [5, 5.41) is 13.7. The van der Waals surface area contributed by atoms with Gasteiger partial charge in [0, 0.05) is 24.4 Å². The summed E-state index contributed by atoms with van der Waals surface area (Å²) in [6.07, 6.45) is 7.46. The molecule has 2 N–H and O–H groups in total. The van der Waals surface area contributed by atoms with E-state index < -0.39 is 0 Å². The van der Waals surface area contributed by atoms with E-state index in [1.54, 1.807) is 6.92 Å². The molecule has 3 unspecified atom stereocenters. The number of hydrogen-bond donors (Lipinski definition) is 2. The van der Waals surface area contributed by atoms with E-state index in [9.17, 15) is 9.90 Å². The van der Waals surface area contributed by atoms with Gasteiger partial charge in [-0.3, -0.25) is 4.79 Å². The van der Waals surface area contributed by atoms with Crippen LogP contribution in [0.15, 0.2) is 12.1 Å². The highest BCUT2D eigenvalue weighted by Gasteiger charge is 2.38. The van der Waals surface area contributed by atoms with Gasteiger partial charge >= 0.3 is 0 Å². The molecule has 2 aliphatic rings. The highest BCUT2D eigenvalue weighted by Crippen LogP contribution is 2.49. The minimum Gasteiger partial charge on any atom is -0.508 e. The lowest BCUT2D eigenvalue weighted by Crippen LogP contribution is -2.41. The third kappa shape index (κ3) is 3.68. The molecule has 0 bridgehead atoms. The number of amides is 1. The average Bonchev–Trinajstić information content (AvgIpc) is 2.54. The van der Waals surface area contributed by atoms with Gasteiger partial charge in [0.1, 0.15) is 11.5 Å². The second kappa shape index (κ2) is 7.45. The maximum absolute atomic E-state index is 11.4. The Morgan fingerprint density at radius 1 is 1.33 bits per heavy atom. The van der Waals surface area contributed by atoms with Crippen LogP contribution in [0.5, 0.6) is 11.5 Å². The minimum absolute atomic E-state index is 0.0289. The number of nitrogens with one attached hydrogen (secondary N) is 1. The van der Waals surface area contributed by atoms with Crippen molar-refractivity contribution in [2.24, 2.45) is 5.92 Å². The summed E-state index contributed by atoms with van der Waals surface area (Å²) in [4.78, 5) is 11.4. The molecule has 0 radical (unpaired) electrons. The van der Waals surface area contributed by atoms with Crippen LogP contribution in [-0.2, 0) is 11.2 Å². The quantitative estimate of drug-likeness (QED) is 0.804. The number of unbranched alkanes of at least 4 members (excludes halogenated alkanes) is 2. The molecule has 0 spiro atoms. The molecule has 132 valence electrons. The van der Waals surface area contributed by atoms with E-state index in [0.717, 1.165) is 55.6 Å². The Morgan fingerprint density at radius 3 is 2.92 bits per heavy atom. The number of carbonyl (C=O) groups is 1. The van der Waals surface area contributed by atoms with Crippen LogP contribution in [0.2, 0.25) is 0 Å². The van der Waals surface area contributed by atoms with E-state index in [2.05, 4.69) is 18.3 Å². The molecule has 24 heavy (non-hydrogen) atoms. The molecule has 1 heterocycles. The molecule has 1 fully saturated rings. The number of rotatable bonds is 5. The third-order valence-corrected chi connectivity index (χ3v) is 5.47. The Hall–Kier alpha value is -1.71. The van der Waals surface area contributed by atoms with Gasteiger partial charge in [0.25, 0.3) is 0 Å². The molecule has 1 aliphatic carbocycles. The molecule has 1 aliphatic heterocycles. The summed E-state index contributed by atoms with van der Waals surface area (Å²) < 4.78 is 5.99. The standard InChI is InChI=1S/C20H29NO3/c1-3-4-5-6-14-9-18(23)20-17-11-16(21-13(2)22)8-7-15(17)12-24-19(20)10-14/h9-10,15-17,23H,3-8,11-12H2,1-2H3,(H,21,22). The number of phenols is 1. The van der Waals surface area contributed by atoms with Crippen molar-refractivity contribution in [3.8, 4) is 11.5 Å². The predicted octanol–water partition coefficient (Wildman–Crippen LogP) is 3.91. The number of aryl methyl sites for hydroxylation is 1. The monoisotopic (exact) mass is 331 g/mol. The molecule has 3 atom stereocenters. The van der Waals surface area contributed by atoms with Crippen molar-refractivity contribution in [3.63, 3.8) is 0 Å². The number of benzene rings is 1. The van der Waals surface area contributed by atoms with Crippen molar-refractivity contribution in [1.29, 1.82) is 0 Å². The topological polar surface area (TPSA) is 58.6 Å². The van der Waals surface area contributed by atoms with Crippen molar-refractivity contribution >= 4 is 5.91 Å². The minimum atomic E-state index is 0.0289. The van der Waals surface area contributed by atoms with Crippen LogP contribution in [0.3, 0.4) is 0 Å². The first kappa shape index (κ1) is 17.1. The van der Waals surface area contributed by atoms with Crippen molar-refractivity contribution in [1.82, 2.24) is 5.32 Å². The van der Waals surface area contributed by atoms with Crippen molar-refractivity contribution < 1.29 is 14.6 Å². The summed E-state index contributed by atoms with van der Waals surface area (Å²) in [7, 11) is 0. The van der Waals surface area contributed by atoms with Gasteiger partial charge in [-0.25, -0.2) is 0 Å². The van der Waals surface area contributed by atoms with Crippen LogP contribution in [0.1, 0.15) is 69.4 Å². The van der Waals surface area contributed by atoms with E-state index in [-0.39, 0.29) is 17.9 Å². The lowest BCUT2D eigenvalue weighted by Gasteiger charge is -2.40. The van der Waals surface area contributed by atoms with E-state index >= 15 is 0 Å². The largest absolute Gasteiger partial charge is 0.508 e. The first-order valence-corrected chi connectivity index (χ1v) is 9.34. The average molecular weight is 331 g/mol. The number of fused-ring (bicyclic) bond motifs is 3.